The molecule has 20 heavy (non-hydrogen) atoms. The second-order valence-electron chi connectivity index (χ2n) is 4.72. The molecular weight excluding hydrogens is 322 g/mol. The smallest absolute Gasteiger partial charge is 0.270 e. The Labute approximate surface area is 126 Å². The van der Waals surface area contributed by atoms with Crippen LogP contribution in [0.2, 0.25) is 0 Å². The normalized spacial score (nSPS) is 10.8. The van der Waals surface area contributed by atoms with Gasteiger partial charge in [0.1, 0.15) is 11.5 Å². The Morgan fingerprint density at radius 3 is 2.85 bits per heavy atom. The summed E-state index contributed by atoms with van der Waals surface area (Å²) in [5.74, 6) is 0.664. The predicted molar refractivity (Wildman–Crippen MR) is 81.3 cm³/mol. The Morgan fingerprint density at radius 1 is 1.50 bits per heavy atom. The number of carbonyl (C=O) groups is 1. The third-order valence-corrected chi connectivity index (χ3v) is 3.40. The molecule has 0 saturated carbocycles. The number of halogens is 1. The molecule has 0 bridgehead atoms. The van der Waals surface area contributed by atoms with Crippen molar-refractivity contribution in [1.82, 2.24) is 9.47 Å². The number of carbonyl (C=O) groups excluding carboxylic acids is 1. The molecule has 5 nitrogen and oxygen atoms in total. The Kier molecular flexibility index (Phi) is 4.54. The summed E-state index contributed by atoms with van der Waals surface area (Å²) in [7, 11) is 1.75. The van der Waals surface area contributed by atoms with Crippen molar-refractivity contribution < 1.29 is 9.21 Å². The van der Waals surface area contributed by atoms with E-state index in [0.717, 1.165) is 18.7 Å². The van der Waals surface area contributed by atoms with Crippen LogP contribution in [0.4, 0.5) is 5.69 Å². The van der Waals surface area contributed by atoms with Crippen molar-refractivity contribution in [2.75, 3.05) is 12.8 Å². The lowest BCUT2D eigenvalue weighted by Gasteiger charge is -2.17. The zero-order chi connectivity index (χ0) is 14.7. The molecule has 0 saturated heterocycles. The van der Waals surface area contributed by atoms with Crippen molar-refractivity contribution in [2.24, 2.45) is 0 Å². The molecule has 0 radical (unpaired) electrons. The Hall–Kier alpha value is -1.69. The molecule has 0 spiro atoms. The summed E-state index contributed by atoms with van der Waals surface area (Å²) in [6.07, 6.45) is 2.75. The fraction of sp³-hybridized carbons (Fsp3) is 0.357. The van der Waals surface area contributed by atoms with Gasteiger partial charge in [0.25, 0.3) is 5.91 Å². The van der Waals surface area contributed by atoms with Crippen LogP contribution in [0.1, 0.15) is 29.6 Å². The minimum Gasteiger partial charge on any atom is -0.452 e. The van der Waals surface area contributed by atoms with Crippen LogP contribution >= 0.6 is 15.9 Å². The molecule has 0 aliphatic heterocycles. The molecule has 1 amide bonds. The van der Waals surface area contributed by atoms with E-state index in [-0.39, 0.29) is 5.91 Å². The average molecular weight is 340 g/mol. The fourth-order valence-electron chi connectivity index (χ4n) is 2.08. The van der Waals surface area contributed by atoms with E-state index < -0.39 is 0 Å². The number of nitrogens with two attached hydrogens (primary N) is 1. The first kappa shape index (κ1) is 14.7. The van der Waals surface area contributed by atoms with Crippen LogP contribution in [0.5, 0.6) is 0 Å². The molecule has 0 atom stereocenters. The number of rotatable bonds is 5. The molecule has 0 aliphatic rings. The van der Waals surface area contributed by atoms with Gasteiger partial charge in [-0.15, -0.1) is 0 Å². The largest absolute Gasteiger partial charge is 0.452 e. The molecule has 6 heteroatoms. The number of nitrogens with zero attached hydrogens (tertiary/aromatic N) is 2. The van der Waals surface area contributed by atoms with Crippen molar-refractivity contribution in [3.05, 3.63) is 40.5 Å². The van der Waals surface area contributed by atoms with Crippen LogP contribution in [-0.4, -0.2) is 22.4 Å². The second kappa shape index (κ2) is 6.17. The quantitative estimate of drug-likeness (QED) is 0.910. The lowest BCUT2D eigenvalue weighted by atomic mass is 10.3. The molecule has 2 aromatic heterocycles. The highest BCUT2D eigenvalue weighted by molar-refractivity contribution is 9.10. The minimum atomic E-state index is -0.0670. The van der Waals surface area contributed by atoms with E-state index in [1.54, 1.807) is 24.2 Å². The van der Waals surface area contributed by atoms with Crippen LogP contribution < -0.4 is 5.73 Å². The summed E-state index contributed by atoms with van der Waals surface area (Å²) >= 11 is 3.25. The molecule has 108 valence electrons. The summed E-state index contributed by atoms with van der Waals surface area (Å²) in [5.41, 5.74) is 7.00. The molecule has 0 unspecified atom stereocenters. The summed E-state index contributed by atoms with van der Waals surface area (Å²) in [6, 6.07) is 5.37. The third kappa shape index (κ3) is 3.25. The SMILES string of the molecule is CCCn1cc(N)cc1C(=O)N(C)Cc1ccc(Br)o1. The molecule has 2 rings (SSSR count). The van der Waals surface area contributed by atoms with Crippen LogP contribution in [-0.2, 0) is 13.1 Å². The summed E-state index contributed by atoms with van der Waals surface area (Å²) in [5, 5.41) is 0. The number of nitrogen functional groups attached to an aromatic ring is 1. The lowest BCUT2D eigenvalue weighted by molar-refractivity contribution is 0.0764. The fourth-order valence-corrected chi connectivity index (χ4v) is 2.42. The van der Waals surface area contributed by atoms with Crippen molar-refractivity contribution in [1.29, 1.82) is 0 Å². The predicted octanol–water partition coefficient (Wildman–Crippen LogP) is 3.11. The standard InChI is InChI=1S/C14H18BrN3O2/c1-3-6-18-8-10(16)7-12(18)14(19)17(2)9-11-4-5-13(15)20-11/h4-5,7-8H,3,6,9,16H2,1-2H3. The topological polar surface area (TPSA) is 64.4 Å². The summed E-state index contributed by atoms with van der Waals surface area (Å²) < 4.78 is 7.97. The van der Waals surface area contributed by atoms with Gasteiger partial charge in [0.2, 0.25) is 0 Å². The van der Waals surface area contributed by atoms with Crippen molar-refractivity contribution in [3.63, 3.8) is 0 Å². The highest BCUT2D eigenvalue weighted by atomic mass is 79.9. The maximum Gasteiger partial charge on any atom is 0.270 e. The van der Waals surface area contributed by atoms with Gasteiger partial charge >= 0.3 is 0 Å². The molecular formula is C14H18BrN3O2. The van der Waals surface area contributed by atoms with E-state index >= 15 is 0 Å². The highest BCUT2D eigenvalue weighted by Crippen LogP contribution is 2.18. The van der Waals surface area contributed by atoms with E-state index in [0.29, 0.717) is 22.6 Å². The first-order chi connectivity index (χ1) is 9.51. The van der Waals surface area contributed by atoms with E-state index in [4.69, 9.17) is 10.2 Å². The lowest BCUT2D eigenvalue weighted by Crippen LogP contribution is -2.28. The van der Waals surface area contributed by atoms with Crippen LogP contribution in [0.3, 0.4) is 0 Å². The number of furan rings is 1. The maximum absolute atomic E-state index is 12.5. The summed E-state index contributed by atoms with van der Waals surface area (Å²) in [6.45, 7) is 3.26. The van der Waals surface area contributed by atoms with E-state index in [9.17, 15) is 4.79 Å². The Balaban J connectivity index is 2.13. The van der Waals surface area contributed by atoms with E-state index in [1.165, 1.54) is 0 Å². The second-order valence-corrected chi connectivity index (χ2v) is 5.50. The minimum absolute atomic E-state index is 0.0670. The molecule has 0 fully saturated rings. The van der Waals surface area contributed by atoms with Gasteiger partial charge in [-0.3, -0.25) is 4.79 Å². The number of hydrogen-bond donors (Lipinski definition) is 1. The van der Waals surface area contributed by atoms with Crippen LogP contribution in [0.25, 0.3) is 0 Å². The molecule has 2 heterocycles. The van der Waals surface area contributed by atoms with Crippen molar-refractivity contribution in [3.8, 4) is 0 Å². The van der Waals surface area contributed by atoms with E-state index in [1.807, 2.05) is 16.7 Å². The maximum atomic E-state index is 12.5. The highest BCUT2D eigenvalue weighted by Gasteiger charge is 2.18. The first-order valence-corrected chi connectivity index (χ1v) is 7.26. The zero-order valence-corrected chi connectivity index (χ0v) is 13.2. The number of aromatic nitrogens is 1. The molecule has 0 aliphatic carbocycles. The Morgan fingerprint density at radius 2 is 2.25 bits per heavy atom. The van der Waals surface area contributed by atoms with Gasteiger partial charge in [-0.05, 0) is 40.5 Å². The number of anilines is 1. The van der Waals surface area contributed by atoms with Gasteiger partial charge in [0, 0.05) is 19.8 Å². The molecule has 0 aromatic carbocycles. The van der Waals surface area contributed by atoms with Crippen molar-refractivity contribution >= 4 is 27.5 Å². The van der Waals surface area contributed by atoms with Crippen LogP contribution in [0, 0.1) is 0 Å². The van der Waals surface area contributed by atoms with Gasteiger partial charge in [-0.1, -0.05) is 6.92 Å². The van der Waals surface area contributed by atoms with Gasteiger partial charge in [0.15, 0.2) is 4.67 Å². The van der Waals surface area contributed by atoms with Gasteiger partial charge < -0.3 is 19.6 Å². The molecule has 2 aromatic rings. The number of hydrogen-bond acceptors (Lipinski definition) is 3. The molecule has 2 N–H and O–H groups in total. The van der Waals surface area contributed by atoms with Gasteiger partial charge in [-0.2, -0.15) is 0 Å². The van der Waals surface area contributed by atoms with Crippen molar-refractivity contribution in [2.45, 2.75) is 26.4 Å². The average Bonchev–Trinajstić information content (AvgIpc) is 2.95. The van der Waals surface area contributed by atoms with Gasteiger partial charge in [0.05, 0.1) is 12.2 Å². The first-order valence-electron chi connectivity index (χ1n) is 6.46. The number of aryl methyl sites for hydroxylation is 1. The zero-order valence-electron chi connectivity index (χ0n) is 11.6. The van der Waals surface area contributed by atoms with Crippen LogP contribution in [0.15, 0.2) is 33.5 Å². The van der Waals surface area contributed by atoms with Gasteiger partial charge in [-0.25, -0.2) is 0 Å². The monoisotopic (exact) mass is 339 g/mol. The Bertz CT molecular complexity index is 603. The van der Waals surface area contributed by atoms with E-state index in [2.05, 4.69) is 22.9 Å². The third-order valence-electron chi connectivity index (χ3n) is 2.97. The number of amides is 1. The summed E-state index contributed by atoms with van der Waals surface area (Å²) in [4.78, 5) is 14.1.